The largest absolute Gasteiger partial charge is 0.0499 e. The molecule has 3 fully saturated rings. The summed E-state index contributed by atoms with van der Waals surface area (Å²) >= 11 is 0. The molecular weight excluding hydrogens is 108 g/mol. The van der Waals surface area contributed by atoms with Crippen molar-refractivity contribution in [2.24, 2.45) is 17.3 Å². The van der Waals surface area contributed by atoms with E-state index in [1.54, 1.807) is 12.8 Å². The minimum atomic E-state index is 0.836. The smallest absolute Gasteiger partial charge is 0.0235 e. The molecule has 2 unspecified atom stereocenters. The number of fused-ring (bicyclic) bond motifs is 3. The molecular formula is C9H13. The quantitative estimate of drug-likeness (QED) is 0.461. The van der Waals surface area contributed by atoms with Crippen LogP contribution in [0.4, 0.5) is 0 Å². The van der Waals surface area contributed by atoms with Crippen molar-refractivity contribution in [2.45, 2.75) is 32.1 Å². The summed E-state index contributed by atoms with van der Waals surface area (Å²) in [5.74, 6) is 2.19. The van der Waals surface area contributed by atoms with Crippen molar-refractivity contribution in [1.82, 2.24) is 0 Å². The van der Waals surface area contributed by atoms with E-state index in [9.17, 15) is 0 Å². The molecule has 49 valence electrons. The molecule has 0 saturated heterocycles. The second kappa shape index (κ2) is 1.21. The zero-order valence-electron chi connectivity index (χ0n) is 5.77. The molecule has 0 nitrogen and oxygen atoms in total. The van der Waals surface area contributed by atoms with Gasteiger partial charge in [0.1, 0.15) is 0 Å². The van der Waals surface area contributed by atoms with Gasteiger partial charge in [-0.25, -0.2) is 0 Å². The summed E-state index contributed by atoms with van der Waals surface area (Å²) in [6.45, 7) is 0. The van der Waals surface area contributed by atoms with E-state index in [1.807, 2.05) is 0 Å². The van der Waals surface area contributed by atoms with Gasteiger partial charge in [0, 0.05) is 0 Å². The maximum Gasteiger partial charge on any atom is -0.0235 e. The lowest BCUT2D eigenvalue weighted by molar-refractivity contribution is 0.380. The molecule has 0 aromatic rings. The van der Waals surface area contributed by atoms with Crippen molar-refractivity contribution in [3.63, 3.8) is 0 Å². The Hall–Kier alpha value is 0. The molecule has 3 saturated carbocycles. The molecule has 1 radical (unpaired) electrons. The van der Waals surface area contributed by atoms with E-state index in [-0.39, 0.29) is 0 Å². The fraction of sp³-hybridized carbons (Fsp3) is 0.889. The molecule has 0 aromatic carbocycles. The average molecular weight is 121 g/mol. The average Bonchev–Trinajstić information content (AvgIpc) is 2.40. The van der Waals surface area contributed by atoms with E-state index >= 15 is 0 Å². The lowest BCUT2D eigenvalue weighted by Crippen LogP contribution is -2.10. The van der Waals surface area contributed by atoms with Crippen LogP contribution in [0.2, 0.25) is 0 Å². The summed E-state index contributed by atoms with van der Waals surface area (Å²) < 4.78 is 0. The Bertz CT molecular complexity index is 144. The van der Waals surface area contributed by atoms with Crippen LogP contribution in [0.5, 0.6) is 0 Å². The van der Waals surface area contributed by atoms with Gasteiger partial charge in [-0.05, 0) is 55.8 Å². The van der Waals surface area contributed by atoms with E-state index in [0.29, 0.717) is 0 Å². The zero-order valence-corrected chi connectivity index (χ0v) is 5.77. The van der Waals surface area contributed by atoms with Crippen LogP contribution >= 0.6 is 0 Å². The van der Waals surface area contributed by atoms with Gasteiger partial charge in [0.15, 0.2) is 0 Å². The van der Waals surface area contributed by atoms with Crippen LogP contribution in [0.3, 0.4) is 0 Å². The van der Waals surface area contributed by atoms with Crippen molar-refractivity contribution in [3.8, 4) is 0 Å². The fourth-order valence-electron chi connectivity index (χ4n) is 3.01. The van der Waals surface area contributed by atoms with Crippen LogP contribution in [0.15, 0.2) is 0 Å². The van der Waals surface area contributed by atoms with Crippen LogP contribution in [0.1, 0.15) is 32.1 Å². The maximum atomic E-state index is 2.68. The third kappa shape index (κ3) is 0.461. The van der Waals surface area contributed by atoms with Crippen molar-refractivity contribution < 1.29 is 0 Å². The molecule has 0 N–H and O–H groups in total. The van der Waals surface area contributed by atoms with E-state index in [0.717, 1.165) is 17.3 Å². The highest BCUT2D eigenvalue weighted by molar-refractivity contribution is 5.18. The van der Waals surface area contributed by atoms with Crippen LogP contribution in [-0.2, 0) is 0 Å². The van der Waals surface area contributed by atoms with Gasteiger partial charge in [-0.3, -0.25) is 0 Å². The molecule has 3 aliphatic carbocycles. The summed E-state index contributed by atoms with van der Waals surface area (Å²) in [6, 6.07) is 0. The van der Waals surface area contributed by atoms with Crippen LogP contribution in [0, 0.1) is 23.7 Å². The number of hydrogen-bond donors (Lipinski definition) is 0. The van der Waals surface area contributed by atoms with E-state index in [4.69, 9.17) is 0 Å². The van der Waals surface area contributed by atoms with E-state index < -0.39 is 0 Å². The molecule has 2 atom stereocenters. The molecule has 2 bridgehead atoms. The van der Waals surface area contributed by atoms with Gasteiger partial charge in [-0.15, -0.1) is 0 Å². The van der Waals surface area contributed by atoms with Gasteiger partial charge in [-0.2, -0.15) is 0 Å². The Morgan fingerprint density at radius 3 is 2.44 bits per heavy atom. The molecule has 0 heterocycles. The topological polar surface area (TPSA) is 0 Å². The van der Waals surface area contributed by atoms with Crippen LogP contribution < -0.4 is 0 Å². The molecule has 0 heteroatoms. The Morgan fingerprint density at radius 2 is 2.11 bits per heavy atom. The monoisotopic (exact) mass is 121 g/mol. The molecule has 0 amide bonds. The van der Waals surface area contributed by atoms with E-state index in [1.165, 1.54) is 19.3 Å². The molecule has 3 rings (SSSR count). The third-order valence-corrected chi connectivity index (χ3v) is 3.68. The first-order chi connectivity index (χ1) is 4.39. The third-order valence-electron chi connectivity index (χ3n) is 3.68. The van der Waals surface area contributed by atoms with E-state index in [2.05, 4.69) is 6.42 Å². The SMILES string of the molecule is [CH]1C2CCC(C2)C12CC2. The minimum Gasteiger partial charge on any atom is -0.0499 e. The van der Waals surface area contributed by atoms with Crippen molar-refractivity contribution in [3.05, 3.63) is 6.42 Å². The summed E-state index contributed by atoms with van der Waals surface area (Å²) in [4.78, 5) is 0. The minimum absolute atomic E-state index is 0.836. The van der Waals surface area contributed by atoms with Crippen molar-refractivity contribution >= 4 is 0 Å². The maximum absolute atomic E-state index is 2.68. The van der Waals surface area contributed by atoms with Gasteiger partial charge in [0.2, 0.25) is 0 Å². The summed E-state index contributed by atoms with van der Waals surface area (Å²) in [5.41, 5.74) is 0.836. The Morgan fingerprint density at radius 1 is 1.22 bits per heavy atom. The lowest BCUT2D eigenvalue weighted by Gasteiger charge is -2.19. The van der Waals surface area contributed by atoms with Crippen LogP contribution in [-0.4, -0.2) is 0 Å². The summed E-state index contributed by atoms with van der Waals surface area (Å²) in [7, 11) is 0. The normalized spacial score (nSPS) is 50.7. The fourth-order valence-corrected chi connectivity index (χ4v) is 3.01. The molecule has 3 aliphatic rings. The van der Waals surface area contributed by atoms with Gasteiger partial charge >= 0.3 is 0 Å². The van der Waals surface area contributed by atoms with Crippen molar-refractivity contribution in [2.75, 3.05) is 0 Å². The number of hydrogen-bond acceptors (Lipinski definition) is 0. The lowest BCUT2D eigenvalue weighted by atomic mass is 9.86. The molecule has 0 aromatic heterocycles. The Kier molecular flexibility index (Phi) is 0.640. The zero-order chi connectivity index (χ0) is 5.90. The molecule has 1 spiro atoms. The first kappa shape index (κ1) is 4.76. The first-order valence-electron chi connectivity index (χ1n) is 4.25. The highest BCUT2D eigenvalue weighted by Gasteiger charge is 2.57. The summed E-state index contributed by atoms with van der Waals surface area (Å²) in [5, 5.41) is 0. The van der Waals surface area contributed by atoms with Gasteiger partial charge in [-0.1, -0.05) is 0 Å². The summed E-state index contributed by atoms with van der Waals surface area (Å²) in [6.07, 6.45) is 10.4. The van der Waals surface area contributed by atoms with Gasteiger partial charge in [0.25, 0.3) is 0 Å². The predicted molar refractivity (Wildman–Crippen MR) is 36.8 cm³/mol. The Balaban J connectivity index is 1.96. The Labute approximate surface area is 56.6 Å². The van der Waals surface area contributed by atoms with Crippen LogP contribution in [0.25, 0.3) is 0 Å². The molecule has 9 heavy (non-hydrogen) atoms. The second-order valence-corrected chi connectivity index (χ2v) is 4.17. The highest BCUT2D eigenvalue weighted by Crippen LogP contribution is 2.67. The van der Waals surface area contributed by atoms with Gasteiger partial charge < -0.3 is 0 Å². The van der Waals surface area contributed by atoms with Gasteiger partial charge in [0.05, 0.1) is 0 Å². The number of rotatable bonds is 0. The predicted octanol–water partition coefficient (Wildman–Crippen LogP) is 2.40. The highest BCUT2D eigenvalue weighted by atomic mass is 14.6. The van der Waals surface area contributed by atoms with Crippen molar-refractivity contribution in [1.29, 1.82) is 0 Å². The first-order valence-corrected chi connectivity index (χ1v) is 4.25. The standard InChI is InChI=1S/C9H13/c1-2-8-5-7(1)6-9(8)3-4-9/h6-8H,1-5H2. The molecule has 0 aliphatic heterocycles. The second-order valence-electron chi connectivity index (χ2n) is 4.17.